The Labute approximate surface area is 153 Å². The molecule has 1 aliphatic heterocycles. The van der Waals surface area contributed by atoms with Gasteiger partial charge in [0.2, 0.25) is 0 Å². The van der Waals surface area contributed by atoms with Crippen molar-refractivity contribution in [1.82, 2.24) is 9.88 Å². The Morgan fingerprint density at radius 3 is 2.58 bits per heavy atom. The average molecular weight is 357 g/mol. The quantitative estimate of drug-likeness (QED) is 0.818. The van der Waals surface area contributed by atoms with E-state index in [9.17, 15) is 8.78 Å². The Morgan fingerprint density at radius 1 is 1.12 bits per heavy atom. The summed E-state index contributed by atoms with van der Waals surface area (Å²) in [5, 5.41) is 0. The maximum absolute atomic E-state index is 14.0. The third kappa shape index (κ3) is 3.45. The first-order valence-corrected chi connectivity index (χ1v) is 9.45. The van der Waals surface area contributed by atoms with Gasteiger partial charge in [-0.2, -0.15) is 0 Å². The third-order valence-corrected chi connectivity index (χ3v) is 5.94. The molecule has 4 rings (SSSR count). The fourth-order valence-electron chi connectivity index (χ4n) is 4.54. The number of anilines is 1. The predicted octanol–water partition coefficient (Wildman–Crippen LogP) is 4.20. The van der Waals surface area contributed by atoms with Gasteiger partial charge in [-0.05, 0) is 68.0 Å². The molecule has 26 heavy (non-hydrogen) atoms. The topological polar surface area (TPSA) is 19.4 Å². The number of hydrogen-bond acceptors (Lipinski definition) is 3. The first-order chi connectivity index (χ1) is 12.6. The summed E-state index contributed by atoms with van der Waals surface area (Å²) in [4.78, 5) is 8.80. The molecule has 1 unspecified atom stereocenters. The summed E-state index contributed by atoms with van der Waals surface area (Å²) in [6, 6.07) is 6.79. The number of hydrogen-bond donors (Lipinski definition) is 0. The highest BCUT2D eigenvalue weighted by molar-refractivity contribution is 5.44. The summed E-state index contributed by atoms with van der Waals surface area (Å²) in [7, 11) is 2.10. The van der Waals surface area contributed by atoms with E-state index in [1.54, 1.807) is 0 Å². The van der Waals surface area contributed by atoms with Crippen LogP contribution >= 0.6 is 0 Å². The van der Waals surface area contributed by atoms with Crippen molar-refractivity contribution in [2.24, 2.45) is 5.92 Å². The van der Waals surface area contributed by atoms with Crippen molar-refractivity contribution in [2.45, 2.75) is 31.7 Å². The van der Waals surface area contributed by atoms with Crippen LogP contribution in [-0.2, 0) is 6.42 Å². The maximum atomic E-state index is 14.0. The number of rotatable bonds is 4. The molecule has 1 fully saturated rings. The summed E-state index contributed by atoms with van der Waals surface area (Å²) < 4.78 is 27.6. The fourth-order valence-corrected chi connectivity index (χ4v) is 4.54. The lowest BCUT2D eigenvalue weighted by Gasteiger charge is -2.36. The van der Waals surface area contributed by atoms with E-state index in [1.165, 1.54) is 11.8 Å². The summed E-state index contributed by atoms with van der Waals surface area (Å²) >= 11 is 0. The lowest BCUT2D eigenvalue weighted by molar-refractivity contribution is 0.190. The fraction of sp³-hybridized carbons (Fsp3) is 0.476. The Balaban J connectivity index is 1.37. The van der Waals surface area contributed by atoms with E-state index in [-0.39, 0.29) is 11.9 Å². The van der Waals surface area contributed by atoms with Gasteiger partial charge in [-0.1, -0.05) is 0 Å². The number of nitrogens with zero attached hydrogens (tertiary/aromatic N) is 3. The molecule has 2 aromatic rings. The van der Waals surface area contributed by atoms with E-state index in [4.69, 9.17) is 0 Å². The second-order valence-electron chi connectivity index (χ2n) is 7.59. The molecule has 138 valence electrons. The molecular formula is C21H25F2N3. The van der Waals surface area contributed by atoms with Crippen LogP contribution in [0.2, 0.25) is 0 Å². The van der Waals surface area contributed by atoms with E-state index >= 15 is 0 Å². The Morgan fingerprint density at radius 2 is 1.85 bits per heavy atom. The van der Waals surface area contributed by atoms with Gasteiger partial charge in [0.1, 0.15) is 11.6 Å². The van der Waals surface area contributed by atoms with Crippen molar-refractivity contribution in [1.29, 1.82) is 0 Å². The van der Waals surface area contributed by atoms with Crippen molar-refractivity contribution >= 4 is 5.69 Å². The number of halogens is 2. The van der Waals surface area contributed by atoms with E-state index in [2.05, 4.69) is 34.0 Å². The molecule has 1 aliphatic carbocycles. The molecule has 5 heteroatoms. The van der Waals surface area contributed by atoms with Crippen molar-refractivity contribution in [3.05, 3.63) is 59.4 Å². The summed E-state index contributed by atoms with van der Waals surface area (Å²) in [5.74, 6) is -0.227. The maximum Gasteiger partial charge on any atom is 0.129 e. The molecule has 1 atom stereocenters. The molecule has 2 heterocycles. The zero-order chi connectivity index (χ0) is 18.1. The van der Waals surface area contributed by atoms with Crippen LogP contribution in [0.5, 0.6) is 0 Å². The van der Waals surface area contributed by atoms with E-state index < -0.39 is 5.82 Å². The second-order valence-corrected chi connectivity index (χ2v) is 7.59. The Hall–Kier alpha value is -2.01. The van der Waals surface area contributed by atoms with Gasteiger partial charge in [0, 0.05) is 49.8 Å². The van der Waals surface area contributed by atoms with Gasteiger partial charge in [-0.25, -0.2) is 8.78 Å². The molecule has 0 radical (unpaired) electrons. The number of pyridine rings is 1. The SMILES string of the molecule is CN(CC1CCN(c2ccncc2)CC1)C1CCc2c(F)cc(F)cc21. The number of piperidine rings is 1. The van der Waals surface area contributed by atoms with Crippen LogP contribution in [0.15, 0.2) is 36.7 Å². The largest absolute Gasteiger partial charge is 0.371 e. The van der Waals surface area contributed by atoms with Gasteiger partial charge < -0.3 is 4.90 Å². The van der Waals surface area contributed by atoms with Crippen molar-refractivity contribution in [3.63, 3.8) is 0 Å². The molecule has 0 N–H and O–H groups in total. The van der Waals surface area contributed by atoms with Crippen LogP contribution in [0, 0.1) is 17.6 Å². The van der Waals surface area contributed by atoms with Gasteiger partial charge in [-0.3, -0.25) is 9.88 Å². The Kier molecular flexibility index (Phi) is 4.90. The monoisotopic (exact) mass is 357 g/mol. The van der Waals surface area contributed by atoms with Gasteiger partial charge in [0.05, 0.1) is 0 Å². The highest BCUT2D eigenvalue weighted by atomic mass is 19.1. The predicted molar refractivity (Wildman–Crippen MR) is 99.2 cm³/mol. The molecule has 1 saturated heterocycles. The number of benzene rings is 1. The standard InChI is InChI=1S/C21H25F2N3/c1-25(21-3-2-18-19(21)12-16(22)13-20(18)23)14-15-6-10-26(11-7-15)17-4-8-24-9-5-17/h4-5,8-9,12-13,15,21H,2-3,6-7,10-11,14H2,1H3. The smallest absolute Gasteiger partial charge is 0.129 e. The molecule has 1 aromatic heterocycles. The zero-order valence-corrected chi connectivity index (χ0v) is 15.2. The summed E-state index contributed by atoms with van der Waals surface area (Å²) in [6.07, 6.45) is 7.54. The molecule has 0 amide bonds. The van der Waals surface area contributed by atoms with E-state index in [0.717, 1.165) is 50.5 Å². The van der Waals surface area contributed by atoms with E-state index in [0.29, 0.717) is 17.9 Å². The highest BCUT2D eigenvalue weighted by Crippen LogP contribution is 2.38. The van der Waals surface area contributed by atoms with Crippen LogP contribution in [0.4, 0.5) is 14.5 Å². The minimum Gasteiger partial charge on any atom is -0.371 e. The third-order valence-electron chi connectivity index (χ3n) is 5.94. The Bertz CT molecular complexity index is 757. The second kappa shape index (κ2) is 7.31. The summed E-state index contributed by atoms with van der Waals surface area (Å²) in [5.41, 5.74) is 2.79. The normalized spacial score (nSPS) is 20.6. The van der Waals surface area contributed by atoms with Gasteiger partial charge in [-0.15, -0.1) is 0 Å². The lowest BCUT2D eigenvalue weighted by atomic mass is 9.95. The highest BCUT2D eigenvalue weighted by Gasteiger charge is 2.30. The van der Waals surface area contributed by atoms with E-state index in [1.807, 2.05) is 12.4 Å². The zero-order valence-electron chi connectivity index (χ0n) is 15.2. The van der Waals surface area contributed by atoms with Gasteiger partial charge in [0.25, 0.3) is 0 Å². The number of aromatic nitrogens is 1. The molecule has 0 spiro atoms. The van der Waals surface area contributed by atoms with Crippen molar-refractivity contribution in [2.75, 3.05) is 31.6 Å². The molecular weight excluding hydrogens is 332 g/mol. The minimum atomic E-state index is -0.466. The lowest BCUT2D eigenvalue weighted by Crippen LogP contribution is -2.38. The first-order valence-electron chi connectivity index (χ1n) is 9.45. The van der Waals surface area contributed by atoms with Crippen LogP contribution < -0.4 is 4.90 Å². The average Bonchev–Trinajstić information content (AvgIpc) is 3.07. The molecule has 1 aromatic carbocycles. The minimum absolute atomic E-state index is 0.133. The van der Waals surface area contributed by atoms with Crippen molar-refractivity contribution < 1.29 is 8.78 Å². The summed E-state index contributed by atoms with van der Waals surface area (Å²) in [6.45, 7) is 3.08. The molecule has 0 bridgehead atoms. The molecule has 2 aliphatic rings. The van der Waals surface area contributed by atoms with Gasteiger partial charge in [0.15, 0.2) is 0 Å². The van der Waals surface area contributed by atoms with Crippen LogP contribution in [0.1, 0.15) is 36.4 Å². The molecule has 3 nitrogen and oxygen atoms in total. The van der Waals surface area contributed by atoms with Gasteiger partial charge >= 0.3 is 0 Å². The molecule has 0 saturated carbocycles. The van der Waals surface area contributed by atoms with Crippen molar-refractivity contribution in [3.8, 4) is 0 Å². The number of fused-ring (bicyclic) bond motifs is 1. The van der Waals surface area contributed by atoms with Crippen LogP contribution in [0.25, 0.3) is 0 Å². The van der Waals surface area contributed by atoms with Crippen LogP contribution in [0.3, 0.4) is 0 Å². The first kappa shape index (κ1) is 17.4. The van der Waals surface area contributed by atoms with Crippen LogP contribution in [-0.4, -0.2) is 36.6 Å².